The molecule has 2 aromatic rings. The van der Waals surface area contributed by atoms with Crippen molar-refractivity contribution in [1.29, 1.82) is 0 Å². The first kappa shape index (κ1) is 13.7. The molecule has 0 aliphatic carbocycles. The first-order valence-corrected chi connectivity index (χ1v) is 6.65. The van der Waals surface area contributed by atoms with E-state index < -0.39 is 0 Å². The second-order valence-electron chi connectivity index (χ2n) is 4.57. The van der Waals surface area contributed by atoms with E-state index in [1.807, 2.05) is 36.0 Å². The van der Waals surface area contributed by atoms with Gasteiger partial charge in [0.05, 0.1) is 5.38 Å². The van der Waals surface area contributed by atoms with Crippen LogP contribution >= 0.6 is 11.6 Å². The molecule has 0 aliphatic rings. The van der Waals surface area contributed by atoms with Crippen molar-refractivity contribution in [1.82, 2.24) is 9.88 Å². The second kappa shape index (κ2) is 5.97. The van der Waals surface area contributed by atoms with Crippen molar-refractivity contribution in [3.05, 3.63) is 48.2 Å². The van der Waals surface area contributed by atoms with Crippen LogP contribution in [0.2, 0.25) is 0 Å². The molecule has 0 bridgehead atoms. The molecule has 19 heavy (non-hydrogen) atoms. The number of carbonyl (C=O) groups is 1. The maximum Gasteiger partial charge on any atom is 0.287 e. The number of aromatic nitrogens is 1. The van der Waals surface area contributed by atoms with Gasteiger partial charge < -0.3 is 14.3 Å². The summed E-state index contributed by atoms with van der Waals surface area (Å²) in [5.41, 5.74) is 0. The molecule has 2 atom stereocenters. The number of furan rings is 1. The third-order valence-electron chi connectivity index (χ3n) is 2.77. The Kier molecular flexibility index (Phi) is 4.32. The molecule has 5 heteroatoms. The van der Waals surface area contributed by atoms with E-state index in [1.165, 1.54) is 0 Å². The van der Waals surface area contributed by atoms with Gasteiger partial charge in [0.25, 0.3) is 5.91 Å². The van der Waals surface area contributed by atoms with Gasteiger partial charge in [-0.2, -0.15) is 0 Å². The summed E-state index contributed by atoms with van der Waals surface area (Å²) in [5.74, 6) is 0.676. The molecule has 2 rings (SSSR count). The summed E-state index contributed by atoms with van der Waals surface area (Å²) in [6.45, 7) is 4.47. The van der Waals surface area contributed by atoms with Crippen LogP contribution in [0.25, 0.3) is 0 Å². The van der Waals surface area contributed by atoms with Crippen molar-refractivity contribution in [2.24, 2.45) is 0 Å². The van der Waals surface area contributed by atoms with E-state index in [-0.39, 0.29) is 17.3 Å². The van der Waals surface area contributed by atoms with Crippen molar-refractivity contribution < 1.29 is 9.21 Å². The molecule has 1 N–H and O–H groups in total. The van der Waals surface area contributed by atoms with Gasteiger partial charge in [0.1, 0.15) is 5.76 Å². The molecule has 0 aliphatic heterocycles. The largest absolute Gasteiger partial charge is 0.454 e. The van der Waals surface area contributed by atoms with Crippen LogP contribution in [0.4, 0.5) is 0 Å². The maximum absolute atomic E-state index is 12.0. The number of amides is 1. The van der Waals surface area contributed by atoms with Crippen molar-refractivity contribution in [2.45, 2.75) is 31.8 Å². The summed E-state index contributed by atoms with van der Waals surface area (Å²) in [6.07, 6.45) is 3.92. The summed E-state index contributed by atoms with van der Waals surface area (Å²) in [5, 5.41) is 2.65. The molecular formula is C14H17ClN2O2. The molecular weight excluding hydrogens is 264 g/mol. The Hall–Kier alpha value is -1.68. The Balaban J connectivity index is 1.92. The molecule has 0 saturated carbocycles. The van der Waals surface area contributed by atoms with Gasteiger partial charge in [0, 0.05) is 25.0 Å². The normalized spacial score (nSPS) is 14.1. The molecule has 2 heterocycles. The highest BCUT2D eigenvalue weighted by Crippen LogP contribution is 2.21. The Morgan fingerprint density at radius 3 is 2.63 bits per heavy atom. The predicted molar refractivity (Wildman–Crippen MR) is 74.3 cm³/mol. The monoisotopic (exact) mass is 280 g/mol. The zero-order chi connectivity index (χ0) is 13.8. The first-order valence-electron chi connectivity index (χ1n) is 6.21. The van der Waals surface area contributed by atoms with E-state index in [1.54, 1.807) is 19.1 Å². The van der Waals surface area contributed by atoms with Gasteiger partial charge in [-0.05, 0) is 38.1 Å². The maximum atomic E-state index is 12.0. The minimum absolute atomic E-state index is 0.0156. The van der Waals surface area contributed by atoms with Crippen LogP contribution in [0.1, 0.15) is 35.5 Å². The molecule has 1 amide bonds. The second-order valence-corrected chi connectivity index (χ2v) is 5.23. The zero-order valence-corrected chi connectivity index (χ0v) is 11.7. The fraction of sp³-hybridized carbons (Fsp3) is 0.357. The molecule has 0 radical (unpaired) electrons. The van der Waals surface area contributed by atoms with Gasteiger partial charge in [-0.15, -0.1) is 11.6 Å². The lowest BCUT2D eigenvalue weighted by Crippen LogP contribution is -2.35. The Morgan fingerprint density at radius 2 is 2.05 bits per heavy atom. The van der Waals surface area contributed by atoms with Crippen LogP contribution in [0.3, 0.4) is 0 Å². The van der Waals surface area contributed by atoms with Crippen LogP contribution in [-0.4, -0.2) is 16.5 Å². The number of nitrogens with zero attached hydrogens (tertiary/aromatic N) is 1. The minimum atomic E-state index is -0.237. The molecule has 2 aromatic heterocycles. The first-order chi connectivity index (χ1) is 9.06. The predicted octanol–water partition coefficient (Wildman–Crippen LogP) is 3.20. The topological polar surface area (TPSA) is 47.2 Å². The number of hydrogen-bond donors (Lipinski definition) is 1. The quantitative estimate of drug-likeness (QED) is 0.855. The fourth-order valence-corrected chi connectivity index (χ4v) is 1.95. The van der Waals surface area contributed by atoms with E-state index in [0.29, 0.717) is 11.5 Å². The number of rotatable bonds is 5. The summed E-state index contributed by atoms with van der Waals surface area (Å²) in [4.78, 5) is 12.0. The number of alkyl halides is 1. The van der Waals surface area contributed by atoms with Crippen LogP contribution < -0.4 is 5.32 Å². The number of nitrogens with one attached hydrogen (secondary N) is 1. The number of halogens is 1. The summed E-state index contributed by atoms with van der Waals surface area (Å²) >= 11 is 5.89. The molecule has 102 valence electrons. The van der Waals surface area contributed by atoms with E-state index in [2.05, 4.69) is 5.32 Å². The molecule has 0 aromatic carbocycles. The Labute approximate surface area is 117 Å². The van der Waals surface area contributed by atoms with Crippen molar-refractivity contribution in [3.63, 3.8) is 0 Å². The Morgan fingerprint density at radius 1 is 1.37 bits per heavy atom. The lowest BCUT2D eigenvalue weighted by molar-refractivity contribution is 0.0907. The molecule has 2 unspecified atom stereocenters. The molecule has 0 spiro atoms. The average molecular weight is 281 g/mol. The van der Waals surface area contributed by atoms with Crippen LogP contribution in [0, 0.1) is 0 Å². The van der Waals surface area contributed by atoms with Gasteiger partial charge in [0.2, 0.25) is 0 Å². The summed E-state index contributed by atoms with van der Waals surface area (Å²) in [6, 6.07) is 7.29. The summed E-state index contributed by atoms with van der Waals surface area (Å²) in [7, 11) is 0. The lowest BCUT2D eigenvalue weighted by atomic mass is 10.3. The standard InChI is InChI=1S/C14H17ClN2O2/c1-10(9-17-7-3-4-8-17)16-14(18)13-6-5-12(19-13)11(2)15/h3-8,10-11H,9H2,1-2H3,(H,16,18). The van der Waals surface area contributed by atoms with E-state index in [4.69, 9.17) is 16.0 Å². The lowest BCUT2D eigenvalue weighted by Gasteiger charge is -2.13. The van der Waals surface area contributed by atoms with Crippen LogP contribution in [0.5, 0.6) is 0 Å². The average Bonchev–Trinajstić information content (AvgIpc) is 2.98. The van der Waals surface area contributed by atoms with E-state index >= 15 is 0 Å². The zero-order valence-electron chi connectivity index (χ0n) is 11.0. The van der Waals surface area contributed by atoms with Gasteiger partial charge >= 0.3 is 0 Å². The van der Waals surface area contributed by atoms with Crippen molar-refractivity contribution in [2.75, 3.05) is 0 Å². The van der Waals surface area contributed by atoms with Gasteiger partial charge in [-0.3, -0.25) is 4.79 Å². The fourth-order valence-electron chi connectivity index (χ4n) is 1.84. The third-order valence-corrected chi connectivity index (χ3v) is 2.99. The summed E-state index contributed by atoms with van der Waals surface area (Å²) < 4.78 is 7.41. The van der Waals surface area contributed by atoms with Crippen molar-refractivity contribution in [3.8, 4) is 0 Å². The van der Waals surface area contributed by atoms with Crippen molar-refractivity contribution >= 4 is 17.5 Å². The smallest absolute Gasteiger partial charge is 0.287 e. The molecule has 0 saturated heterocycles. The highest BCUT2D eigenvalue weighted by atomic mass is 35.5. The highest BCUT2D eigenvalue weighted by molar-refractivity contribution is 6.20. The highest BCUT2D eigenvalue weighted by Gasteiger charge is 2.15. The van der Waals surface area contributed by atoms with E-state index in [0.717, 1.165) is 6.54 Å². The molecule has 4 nitrogen and oxygen atoms in total. The van der Waals surface area contributed by atoms with Gasteiger partial charge in [-0.25, -0.2) is 0 Å². The SMILES string of the molecule is CC(Cn1cccc1)NC(=O)c1ccc(C(C)Cl)o1. The number of carbonyl (C=O) groups excluding carboxylic acids is 1. The Bertz CT molecular complexity index is 531. The van der Waals surface area contributed by atoms with Gasteiger partial charge in [-0.1, -0.05) is 0 Å². The van der Waals surface area contributed by atoms with Gasteiger partial charge in [0.15, 0.2) is 5.76 Å². The third kappa shape index (κ3) is 3.64. The van der Waals surface area contributed by atoms with Crippen LogP contribution in [-0.2, 0) is 6.54 Å². The van der Waals surface area contributed by atoms with E-state index in [9.17, 15) is 4.79 Å². The molecule has 0 fully saturated rings. The minimum Gasteiger partial charge on any atom is -0.454 e. The van der Waals surface area contributed by atoms with Crippen LogP contribution in [0.15, 0.2) is 41.1 Å². The number of hydrogen-bond acceptors (Lipinski definition) is 2.